The quantitative estimate of drug-likeness (QED) is 0.298. The van der Waals surface area contributed by atoms with Gasteiger partial charge in [-0.1, -0.05) is 30.3 Å². The average molecular weight is 478 g/mol. The molecule has 6 nitrogen and oxygen atoms in total. The molecule has 7 heteroatoms. The van der Waals surface area contributed by atoms with Crippen molar-refractivity contribution in [1.82, 2.24) is 10.6 Å². The molecule has 0 radical (unpaired) electrons. The van der Waals surface area contributed by atoms with Crippen LogP contribution < -0.4 is 16.4 Å². The van der Waals surface area contributed by atoms with Crippen LogP contribution in [-0.2, 0) is 13.1 Å². The summed E-state index contributed by atoms with van der Waals surface area (Å²) >= 11 is 0. The zero-order chi connectivity index (χ0) is 18.5. The van der Waals surface area contributed by atoms with Gasteiger partial charge in [-0.25, -0.2) is 0 Å². The van der Waals surface area contributed by atoms with Gasteiger partial charge in [0, 0.05) is 30.1 Å². The highest BCUT2D eigenvalue weighted by atomic mass is 127. The molecule has 1 heterocycles. The minimum atomic E-state index is -0.435. The molecular formula is C20H23IN4O2. The third-order valence-electron chi connectivity index (χ3n) is 4.25. The van der Waals surface area contributed by atoms with Crippen molar-refractivity contribution in [3.8, 4) is 0 Å². The van der Waals surface area contributed by atoms with Gasteiger partial charge in [-0.2, -0.15) is 0 Å². The minimum Gasteiger partial charge on any atom is -0.459 e. The van der Waals surface area contributed by atoms with Crippen molar-refractivity contribution in [1.29, 1.82) is 0 Å². The Balaban J connectivity index is 0.00000261. The minimum absolute atomic E-state index is 0. The van der Waals surface area contributed by atoms with Crippen LogP contribution in [0.1, 0.15) is 27.2 Å². The largest absolute Gasteiger partial charge is 0.459 e. The van der Waals surface area contributed by atoms with E-state index < -0.39 is 5.91 Å². The van der Waals surface area contributed by atoms with E-state index in [1.54, 1.807) is 19.2 Å². The van der Waals surface area contributed by atoms with Crippen molar-refractivity contribution in [3.63, 3.8) is 0 Å². The number of hydrogen-bond donors (Lipinski definition) is 3. The number of nitrogens with two attached hydrogens (primary N) is 1. The standard InChI is InChI=1S/C20H22N4O2.HI/c1-13-16-8-3-4-9-17(16)26-18(13)12-24-20(22-2)23-11-14-6-5-7-15(10-14)19(21)25;/h3-10H,11-12H2,1-2H3,(H2,21,25)(H2,22,23,24);1H. The Morgan fingerprint density at radius 3 is 2.56 bits per heavy atom. The van der Waals surface area contributed by atoms with Gasteiger partial charge < -0.3 is 20.8 Å². The summed E-state index contributed by atoms with van der Waals surface area (Å²) in [5.74, 6) is 1.09. The Morgan fingerprint density at radius 1 is 1.11 bits per heavy atom. The van der Waals surface area contributed by atoms with E-state index in [4.69, 9.17) is 10.2 Å². The van der Waals surface area contributed by atoms with Crippen LogP contribution in [0.15, 0.2) is 57.9 Å². The van der Waals surface area contributed by atoms with Gasteiger partial charge in [0.1, 0.15) is 11.3 Å². The summed E-state index contributed by atoms with van der Waals surface area (Å²) in [6.45, 7) is 3.11. The van der Waals surface area contributed by atoms with E-state index in [1.807, 2.05) is 37.3 Å². The zero-order valence-electron chi connectivity index (χ0n) is 15.3. The SMILES string of the molecule is CN=C(NCc1cccc(C(N)=O)c1)NCc1oc2ccccc2c1C.I. The Kier molecular flexibility index (Phi) is 7.23. The van der Waals surface area contributed by atoms with E-state index in [9.17, 15) is 4.79 Å². The molecule has 0 unspecified atom stereocenters. The number of aryl methyl sites for hydroxylation is 1. The molecule has 0 aliphatic heterocycles. The van der Waals surface area contributed by atoms with E-state index in [0.29, 0.717) is 24.6 Å². The highest BCUT2D eigenvalue weighted by Crippen LogP contribution is 2.24. The van der Waals surface area contributed by atoms with Gasteiger partial charge in [-0.15, -0.1) is 24.0 Å². The van der Waals surface area contributed by atoms with Crippen LogP contribution in [0.25, 0.3) is 11.0 Å². The van der Waals surface area contributed by atoms with Crippen LogP contribution in [0.4, 0.5) is 0 Å². The van der Waals surface area contributed by atoms with Crippen molar-refractivity contribution in [3.05, 3.63) is 71.0 Å². The number of nitrogens with zero attached hydrogens (tertiary/aromatic N) is 1. The summed E-state index contributed by atoms with van der Waals surface area (Å²) in [4.78, 5) is 15.5. The lowest BCUT2D eigenvalue weighted by Gasteiger charge is -2.11. The highest BCUT2D eigenvalue weighted by molar-refractivity contribution is 14.0. The van der Waals surface area contributed by atoms with E-state index in [-0.39, 0.29) is 24.0 Å². The smallest absolute Gasteiger partial charge is 0.248 e. The van der Waals surface area contributed by atoms with Crippen molar-refractivity contribution in [2.24, 2.45) is 10.7 Å². The molecule has 0 spiro atoms. The first kappa shape index (κ1) is 20.8. The molecule has 0 aliphatic rings. The van der Waals surface area contributed by atoms with Gasteiger partial charge in [-0.05, 0) is 30.7 Å². The molecule has 0 saturated heterocycles. The molecule has 2 aromatic carbocycles. The van der Waals surface area contributed by atoms with Crippen molar-refractivity contribution in [2.75, 3.05) is 7.05 Å². The molecule has 0 fully saturated rings. The third-order valence-corrected chi connectivity index (χ3v) is 4.25. The first-order chi connectivity index (χ1) is 12.6. The number of hydrogen-bond acceptors (Lipinski definition) is 3. The lowest BCUT2D eigenvalue weighted by molar-refractivity contribution is 0.1000. The molecule has 0 bridgehead atoms. The monoisotopic (exact) mass is 478 g/mol. The number of nitrogens with one attached hydrogen (secondary N) is 2. The van der Waals surface area contributed by atoms with E-state index in [1.165, 1.54) is 0 Å². The summed E-state index contributed by atoms with van der Waals surface area (Å²) < 4.78 is 5.90. The van der Waals surface area contributed by atoms with E-state index in [2.05, 4.69) is 21.7 Å². The second-order valence-electron chi connectivity index (χ2n) is 5.99. The normalized spacial score (nSPS) is 11.1. The summed E-state index contributed by atoms with van der Waals surface area (Å²) in [5, 5.41) is 7.59. The average Bonchev–Trinajstić information content (AvgIpc) is 2.98. The fourth-order valence-corrected chi connectivity index (χ4v) is 2.80. The van der Waals surface area contributed by atoms with Gasteiger partial charge in [0.15, 0.2) is 5.96 Å². The van der Waals surface area contributed by atoms with Crippen LogP contribution in [0.3, 0.4) is 0 Å². The summed E-state index contributed by atoms with van der Waals surface area (Å²) in [6, 6.07) is 15.2. The maximum Gasteiger partial charge on any atom is 0.248 e. The molecule has 0 atom stereocenters. The molecule has 27 heavy (non-hydrogen) atoms. The highest BCUT2D eigenvalue weighted by Gasteiger charge is 2.10. The Labute approximate surface area is 175 Å². The van der Waals surface area contributed by atoms with Gasteiger partial charge in [-0.3, -0.25) is 9.79 Å². The Bertz CT molecular complexity index is 966. The number of halogens is 1. The first-order valence-electron chi connectivity index (χ1n) is 8.38. The topological polar surface area (TPSA) is 92.6 Å². The second-order valence-corrected chi connectivity index (χ2v) is 5.99. The molecule has 4 N–H and O–H groups in total. The summed E-state index contributed by atoms with van der Waals surface area (Å²) in [6.07, 6.45) is 0. The van der Waals surface area contributed by atoms with Crippen molar-refractivity contribution in [2.45, 2.75) is 20.0 Å². The number of fused-ring (bicyclic) bond motifs is 1. The maximum absolute atomic E-state index is 11.3. The van der Waals surface area contributed by atoms with Gasteiger partial charge in [0.2, 0.25) is 5.91 Å². The molecule has 0 aliphatic carbocycles. The lowest BCUT2D eigenvalue weighted by Crippen LogP contribution is -2.36. The number of rotatable bonds is 5. The number of para-hydroxylation sites is 1. The van der Waals surface area contributed by atoms with Gasteiger partial charge in [0.05, 0.1) is 6.54 Å². The number of furan rings is 1. The number of carbonyl (C=O) groups is 1. The first-order valence-corrected chi connectivity index (χ1v) is 8.38. The number of primary amides is 1. The number of amides is 1. The molecule has 3 rings (SSSR count). The summed E-state index contributed by atoms with van der Waals surface area (Å²) in [7, 11) is 1.71. The molecule has 0 saturated carbocycles. The predicted octanol–water partition coefficient (Wildman–Crippen LogP) is 3.32. The lowest BCUT2D eigenvalue weighted by atomic mass is 10.1. The Morgan fingerprint density at radius 2 is 1.85 bits per heavy atom. The maximum atomic E-state index is 11.3. The molecule has 3 aromatic rings. The fourth-order valence-electron chi connectivity index (χ4n) is 2.80. The molecule has 1 amide bonds. The number of guanidine groups is 1. The fraction of sp³-hybridized carbons (Fsp3) is 0.200. The van der Waals surface area contributed by atoms with E-state index in [0.717, 1.165) is 27.9 Å². The van der Waals surface area contributed by atoms with Crippen LogP contribution in [0.2, 0.25) is 0 Å². The molecular weight excluding hydrogens is 455 g/mol. The third kappa shape index (κ3) is 5.00. The van der Waals surface area contributed by atoms with Gasteiger partial charge >= 0.3 is 0 Å². The number of benzene rings is 2. The van der Waals surface area contributed by atoms with Crippen LogP contribution in [0.5, 0.6) is 0 Å². The van der Waals surface area contributed by atoms with Crippen LogP contribution >= 0.6 is 24.0 Å². The molecule has 142 valence electrons. The molecule has 1 aromatic heterocycles. The zero-order valence-corrected chi connectivity index (χ0v) is 17.6. The van der Waals surface area contributed by atoms with Crippen LogP contribution in [-0.4, -0.2) is 18.9 Å². The number of aliphatic imine (C=N–C) groups is 1. The predicted molar refractivity (Wildman–Crippen MR) is 118 cm³/mol. The Hall–Kier alpha value is -2.55. The second kappa shape index (κ2) is 9.40. The van der Waals surface area contributed by atoms with Crippen LogP contribution in [0, 0.1) is 6.92 Å². The van der Waals surface area contributed by atoms with Gasteiger partial charge in [0.25, 0.3) is 0 Å². The van der Waals surface area contributed by atoms with Crippen molar-refractivity contribution < 1.29 is 9.21 Å². The van der Waals surface area contributed by atoms with Crippen molar-refractivity contribution >= 4 is 46.8 Å². The summed E-state index contributed by atoms with van der Waals surface area (Å²) in [5.41, 5.74) is 8.76. The van der Waals surface area contributed by atoms with E-state index >= 15 is 0 Å². The number of carbonyl (C=O) groups excluding carboxylic acids is 1.